The molecule has 26 heavy (non-hydrogen) atoms. The average Bonchev–Trinajstić information content (AvgIpc) is 2.62. The van der Waals surface area contributed by atoms with E-state index < -0.39 is 0 Å². The number of fused-ring (bicyclic) bond motifs is 1. The van der Waals surface area contributed by atoms with Crippen LogP contribution in [0, 0.1) is 12.8 Å². The van der Waals surface area contributed by atoms with Gasteiger partial charge in [0.15, 0.2) is 0 Å². The quantitative estimate of drug-likeness (QED) is 0.766. The third kappa shape index (κ3) is 3.82. The first-order valence-electron chi connectivity index (χ1n) is 8.76. The summed E-state index contributed by atoms with van der Waals surface area (Å²) in [6.45, 7) is 6.91. The number of para-hydroxylation sites is 1. The van der Waals surface area contributed by atoms with E-state index in [1.165, 1.54) is 0 Å². The lowest BCUT2D eigenvalue weighted by Gasteiger charge is -2.24. The van der Waals surface area contributed by atoms with Crippen molar-refractivity contribution in [2.75, 3.05) is 6.54 Å². The van der Waals surface area contributed by atoms with Crippen molar-refractivity contribution in [3.63, 3.8) is 0 Å². The van der Waals surface area contributed by atoms with Gasteiger partial charge in [-0.2, -0.15) is 0 Å². The molecule has 2 heterocycles. The summed E-state index contributed by atoms with van der Waals surface area (Å²) in [4.78, 5) is 34.1. The number of carbonyl (C=O) groups is 1. The highest BCUT2D eigenvalue weighted by Gasteiger charge is 2.19. The van der Waals surface area contributed by atoms with Crippen molar-refractivity contribution in [1.29, 1.82) is 0 Å². The van der Waals surface area contributed by atoms with Crippen LogP contribution in [0.15, 0.2) is 53.6 Å². The Kier molecular flexibility index (Phi) is 5.16. The summed E-state index contributed by atoms with van der Waals surface area (Å²) in [6.07, 6.45) is 3.20. The lowest BCUT2D eigenvalue weighted by molar-refractivity contribution is 0.0721. The van der Waals surface area contributed by atoms with Crippen molar-refractivity contribution in [2.45, 2.75) is 27.3 Å². The number of aromatic nitrogens is 2. The first kappa shape index (κ1) is 17.9. The predicted molar refractivity (Wildman–Crippen MR) is 103 cm³/mol. The van der Waals surface area contributed by atoms with Gasteiger partial charge < -0.3 is 9.88 Å². The maximum absolute atomic E-state index is 12.9. The molecule has 0 atom stereocenters. The Balaban J connectivity index is 1.97. The van der Waals surface area contributed by atoms with E-state index in [1.54, 1.807) is 29.4 Å². The minimum atomic E-state index is -0.153. The second kappa shape index (κ2) is 7.52. The van der Waals surface area contributed by atoms with E-state index >= 15 is 0 Å². The van der Waals surface area contributed by atoms with Crippen LogP contribution in [-0.4, -0.2) is 27.3 Å². The predicted octanol–water partition coefficient (Wildman–Crippen LogP) is 3.53. The van der Waals surface area contributed by atoms with Crippen molar-refractivity contribution in [2.24, 2.45) is 5.92 Å². The molecule has 0 unspecified atom stereocenters. The number of hydrogen-bond donors (Lipinski definition) is 1. The van der Waals surface area contributed by atoms with Gasteiger partial charge in [-0.15, -0.1) is 0 Å². The van der Waals surface area contributed by atoms with Crippen molar-refractivity contribution < 1.29 is 4.79 Å². The Labute approximate surface area is 152 Å². The fourth-order valence-corrected chi connectivity index (χ4v) is 3.08. The molecule has 3 rings (SSSR count). The van der Waals surface area contributed by atoms with Crippen LogP contribution in [0.3, 0.4) is 0 Å². The van der Waals surface area contributed by atoms with E-state index in [1.807, 2.05) is 31.2 Å². The fourth-order valence-electron chi connectivity index (χ4n) is 3.08. The van der Waals surface area contributed by atoms with E-state index in [4.69, 9.17) is 0 Å². The largest absolute Gasteiger partial charge is 0.334 e. The van der Waals surface area contributed by atoms with Gasteiger partial charge >= 0.3 is 0 Å². The maximum atomic E-state index is 12.9. The normalized spacial score (nSPS) is 11.1. The molecule has 1 N–H and O–H groups in total. The monoisotopic (exact) mass is 349 g/mol. The van der Waals surface area contributed by atoms with E-state index in [-0.39, 0.29) is 23.9 Å². The number of carbonyl (C=O) groups excluding carboxylic acids is 1. The first-order chi connectivity index (χ1) is 12.5. The smallest absolute Gasteiger partial charge is 0.255 e. The van der Waals surface area contributed by atoms with E-state index in [9.17, 15) is 9.59 Å². The molecular weight excluding hydrogens is 326 g/mol. The molecule has 2 aromatic heterocycles. The van der Waals surface area contributed by atoms with Gasteiger partial charge in [0, 0.05) is 24.5 Å². The maximum Gasteiger partial charge on any atom is 0.255 e. The van der Waals surface area contributed by atoms with E-state index in [2.05, 4.69) is 23.8 Å². The minimum Gasteiger partial charge on any atom is -0.334 e. The van der Waals surface area contributed by atoms with Crippen LogP contribution in [0.25, 0.3) is 10.9 Å². The van der Waals surface area contributed by atoms with Crippen LogP contribution in [0.5, 0.6) is 0 Å². The second-order valence-corrected chi connectivity index (χ2v) is 6.98. The van der Waals surface area contributed by atoms with Crippen molar-refractivity contribution in [3.05, 3.63) is 75.8 Å². The molecule has 0 aliphatic heterocycles. The molecule has 134 valence electrons. The van der Waals surface area contributed by atoms with Crippen LogP contribution in [-0.2, 0) is 6.54 Å². The molecule has 3 aromatic rings. The number of aryl methyl sites for hydroxylation is 1. The molecule has 0 bridgehead atoms. The van der Waals surface area contributed by atoms with Crippen LogP contribution >= 0.6 is 0 Å². The number of benzene rings is 1. The molecule has 0 fully saturated rings. The molecule has 0 aliphatic rings. The summed E-state index contributed by atoms with van der Waals surface area (Å²) in [5, 5.41) is 0.970. The fraction of sp³-hybridized carbons (Fsp3) is 0.286. The molecule has 0 radical (unpaired) electrons. The zero-order chi connectivity index (χ0) is 18.7. The number of nitrogens with zero attached hydrogens (tertiary/aromatic N) is 2. The molecule has 1 aromatic carbocycles. The summed E-state index contributed by atoms with van der Waals surface area (Å²) in [5.74, 6) is 0.174. The minimum absolute atomic E-state index is 0.115. The number of aromatic amines is 1. The van der Waals surface area contributed by atoms with Crippen molar-refractivity contribution in [3.8, 4) is 0 Å². The number of nitrogens with one attached hydrogen (secondary N) is 1. The lowest BCUT2D eigenvalue weighted by Crippen LogP contribution is -2.35. The van der Waals surface area contributed by atoms with Crippen LogP contribution in [0.4, 0.5) is 0 Å². The number of rotatable bonds is 5. The Bertz CT molecular complexity index is 977. The Morgan fingerprint density at radius 1 is 1.23 bits per heavy atom. The molecule has 0 saturated heterocycles. The van der Waals surface area contributed by atoms with E-state index in [0.29, 0.717) is 17.7 Å². The van der Waals surface area contributed by atoms with Crippen LogP contribution in [0.1, 0.15) is 35.3 Å². The average molecular weight is 349 g/mol. The van der Waals surface area contributed by atoms with Gasteiger partial charge in [-0.05, 0) is 42.0 Å². The molecular formula is C21H23N3O2. The van der Waals surface area contributed by atoms with Crippen molar-refractivity contribution in [1.82, 2.24) is 14.9 Å². The van der Waals surface area contributed by atoms with Crippen LogP contribution in [0.2, 0.25) is 0 Å². The van der Waals surface area contributed by atoms with Gasteiger partial charge in [0.05, 0.1) is 17.6 Å². The van der Waals surface area contributed by atoms with Gasteiger partial charge in [0.2, 0.25) is 0 Å². The molecule has 0 saturated carbocycles. The van der Waals surface area contributed by atoms with Gasteiger partial charge in [-0.25, -0.2) is 0 Å². The third-order valence-corrected chi connectivity index (χ3v) is 4.31. The first-order valence-corrected chi connectivity index (χ1v) is 8.76. The summed E-state index contributed by atoms with van der Waals surface area (Å²) >= 11 is 0. The summed E-state index contributed by atoms with van der Waals surface area (Å²) < 4.78 is 0. The SMILES string of the molecule is Cc1cccc2cc(CN(CC(C)C)C(=O)c3cccnc3)c(=O)[nH]c12. The number of pyridine rings is 2. The summed E-state index contributed by atoms with van der Waals surface area (Å²) in [6, 6.07) is 11.3. The highest BCUT2D eigenvalue weighted by atomic mass is 16.2. The topological polar surface area (TPSA) is 66.1 Å². The molecule has 1 amide bonds. The highest BCUT2D eigenvalue weighted by molar-refractivity contribution is 5.94. The van der Waals surface area contributed by atoms with E-state index in [0.717, 1.165) is 16.5 Å². The Morgan fingerprint density at radius 3 is 2.73 bits per heavy atom. The van der Waals surface area contributed by atoms with Gasteiger partial charge in [-0.1, -0.05) is 32.0 Å². The van der Waals surface area contributed by atoms with Gasteiger partial charge in [-0.3, -0.25) is 14.6 Å². The standard InChI is InChI=1S/C21H23N3O2/c1-14(2)12-24(21(26)17-8-5-9-22-11-17)13-18-10-16-7-4-6-15(3)19(16)23-20(18)25/h4-11,14H,12-13H2,1-3H3,(H,23,25). The highest BCUT2D eigenvalue weighted by Crippen LogP contribution is 2.17. The molecule has 0 spiro atoms. The van der Waals surface area contributed by atoms with Crippen LogP contribution < -0.4 is 5.56 Å². The zero-order valence-electron chi connectivity index (χ0n) is 15.3. The van der Waals surface area contributed by atoms with Gasteiger partial charge in [0.1, 0.15) is 0 Å². The van der Waals surface area contributed by atoms with Crippen molar-refractivity contribution >= 4 is 16.8 Å². The summed E-state index contributed by atoms with van der Waals surface area (Å²) in [5.41, 5.74) is 2.83. The second-order valence-electron chi connectivity index (χ2n) is 6.98. The number of hydrogen-bond acceptors (Lipinski definition) is 3. The summed E-state index contributed by atoms with van der Waals surface area (Å²) in [7, 11) is 0. The Morgan fingerprint density at radius 2 is 2.04 bits per heavy atom. The molecule has 5 nitrogen and oxygen atoms in total. The lowest BCUT2D eigenvalue weighted by atomic mass is 10.1. The number of H-pyrrole nitrogens is 1. The zero-order valence-corrected chi connectivity index (χ0v) is 15.3. The Hall–Kier alpha value is -2.95. The molecule has 5 heteroatoms. The van der Waals surface area contributed by atoms with Gasteiger partial charge in [0.25, 0.3) is 11.5 Å². The third-order valence-electron chi connectivity index (χ3n) is 4.31. The molecule has 0 aliphatic carbocycles. The number of amides is 1.